The van der Waals surface area contributed by atoms with Crippen molar-refractivity contribution in [3.8, 4) is 0 Å². The summed E-state index contributed by atoms with van der Waals surface area (Å²) in [5.74, 6) is -2.68. The predicted molar refractivity (Wildman–Crippen MR) is 95.8 cm³/mol. The summed E-state index contributed by atoms with van der Waals surface area (Å²) in [5.41, 5.74) is -1.58. The maximum Gasteiger partial charge on any atom is 0.343 e. The summed E-state index contributed by atoms with van der Waals surface area (Å²) < 4.78 is 5.04. The number of nitrogens with zero attached hydrogens (tertiary/aromatic N) is 1. The lowest BCUT2D eigenvalue weighted by atomic mass is 9.85. The van der Waals surface area contributed by atoms with Crippen molar-refractivity contribution in [1.29, 1.82) is 0 Å². The largest absolute Gasteiger partial charge is 0.479 e. The highest BCUT2D eigenvalue weighted by molar-refractivity contribution is 6.13. The molecule has 1 N–H and O–H groups in total. The number of hydrogen-bond acceptors (Lipinski definition) is 4. The quantitative estimate of drug-likeness (QED) is 0.673. The Bertz CT molecular complexity index is 857. The van der Waals surface area contributed by atoms with E-state index in [-0.39, 0.29) is 19.6 Å². The lowest BCUT2D eigenvalue weighted by Gasteiger charge is -2.41. The minimum Gasteiger partial charge on any atom is -0.479 e. The number of ether oxygens (including phenoxy) is 1. The fraction of sp³-hybridized carbons (Fsp3) is 0.350. The average Bonchev–Trinajstić information content (AvgIpc) is 2.66. The first-order chi connectivity index (χ1) is 12.5. The molecule has 1 fully saturated rings. The van der Waals surface area contributed by atoms with E-state index in [9.17, 15) is 19.5 Å². The standard InChI is InChI=1S/C20H21NO5/c1-2-26-19(25)20(18(23)24)12-5-6-13-21(20)17(22)16-11-7-9-14-8-3-4-10-15(14)16/h3-4,7-11H,2,5-6,12-13H2,1H3,(H,23,24)/t20-/m0/s1. The van der Waals surface area contributed by atoms with Crippen LogP contribution in [0.5, 0.6) is 0 Å². The second kappa shape index (κ2) is 7.15. The number of rotatable bonds is 4. The minimum absolute atomic E-state index is 0.0532. The van der Waals surface area contributed by atoms with Crippen LogP contribution in [0.2, 0.25) is 0 Å². The number of aliphatic carboxylic acids is 1. The second-order valence-corrected chi connectivity index (χ2v) is 6.33. The molecule has 1 aliphatic heterocycles. The van der Waals surface area contributed by atoms with Gasteiger partial charge in [0.25, 0.3) is 5.91 Å². The van der Waals surface area contributed by atoms with Crippen molar-refractivity contribution in [3.05, 3.63) is 48.0 Å². The third-order valence-electron chi connectivity index (χ3n) is 4.86. The molecule has 1 aliphatic rings. The van der Waals surface area contributed by atoms with Crippen LogP contribution in [0.25, 0.3) is 10.8 Å². The highest BCUT2D eigenvalue weighted by Crippen LogP contribution is 2.33. The molecule has 26 heavy (non-hydrogen) atoms. The first kappa shape index (κ1) is 17.9. The van der Waals surface area contributed by atoms with Gasteiger partial charge in [0.1, 0.15) is 0 Å². The number of carboxylic acid groups (broad SMARTS) is 1. The normalized spacial score (nSPS) is 20.0. The van der Waals surface area contributed by atoms with Gasteiger partial charge in [-0.15, -0.1) is 0 Å². The van der Waals surface area contributed by atoms with Crippen LogP contribution in [0.1, 0.15) is 36.5 Å². The summed E-state index contributed by atoms with van der Waals surface area (Å²) in [6, 6.07) is 12.7. The topological polar surface area (TPSA) is 83.9 Å². The minimum atomic E-state index is -1.97. The number of amides is 1. The number of hydrogen-bond donors (Lipinski definition) is 1. The van der Waals surface area contributed by atoms with Crippen LogP contribution in [-0.2, 0) is 14.3 Å². The smallest absolute Gasteiger partial charge is 0.343 e. The summed E-state index contributed by atoms with van der Waals surface area (Å²) in [5, 5.41) is 11.5. The molecule has 2 aromatic rings. The van der Waals surface area contributed by atoms with E-state index in [2.05, 4.69) is 0 Å². The molecule has 6 heteroatoms. The summed E-state index contributed by atoms with van der Waals surface area (Å²) in [4.78, 5) is 39.2. The zero-order valence-corrected chi connectivity index (χ0v) is 14.6. The van der Waals surface area contributed by atoms with Crippen molar-refractivity contribution in [2.45, 2.75) is 31.7 Å². The summed E-state index contributed by atoms with van der Waals surface area (Å²) in [6.45, 7) is 1.88. The zero-order valence-electron chi connectivity index (χ0n) is 14.6. The van der Waals surface area contributed by atoms with Gasteiger partial charge in [-0.3, -0.25) is 4.79 Å². The molecule has 3 rings (SSSR count). The number of carboxylic acids is 1. The number of carbonyl (C=O) groups is 3. The van der Waals surface area contributed by atoms with Gasteiger partial charge in [-0.1, -0.05) is 36.4 Å². The number of likely N-dealkylation sites (tertiary alicyclic amines) is 1. The Morgan fingerprint density at radius 2 is 1.85 bits per heavy atom. The van der Waals surface area contributed by atoms with Crippen molar-refractivity contribution in [3.63, 3.8) is 0 Å². The molecule has 1 saturated heterocycles. The molecule has 0 aromatic heterocycles. The van der Waals surface area contributed by atoms with Crippen LogP contribution < -0.4 is 0 Å². The zero-order chi connectivity index (χ0) is 18.7. The molecule has 0 aliphatic carbocycles. The molecule has 6 nitrogen and oxygen atoms in total. The lowest BCUT2D eigenvalue weighted by molar-refractivity contribution is -0.172. The van der Waals surface area contributed by atoms with Crippen LogP contribution in [0.4, 0.5) is 0 Å². The van der Waals surface area contributed by atoms with Crippen LogP contribution in [0, 0.1) is 0 Å². The lowest BCUT2D eigenvalue weighted by Crippen LogP contribution is -2.64. The van der Waals surface area contributed by atoms with Gasteiger partial charge in [0.2, 0.25) is 5.54 Å². The molecule has 0 spiro atoms. The maximum atomic E-state index is 13.3. The van der Waals surface area contributed by atoms with Gasteiger partial charge >= 0.3 is 11.9 Å². The third-order valence-corrected chi connectivity index (χ3v) is 4.86. The highest BCUT2D eigenvalue weighted by atomic mass is 16.5. The molecule has 1 heterocycles. The van der Waals surface area contributed by atoms with Crippen LogP contribution in [0.15, 0.2) is 42.5 Å². The first-order valence-corrected chi connectivity index (χ1v) is 8.72. The Hall–Kier alpha value is -2.89. The summed E-state index contributed by atoms with van der Waals surface area (Å²) in [6.07, 6.45) is 1.24. The van der Waals surface area contributed by atoms with E-state index in [0.717, 1.165) is 10.8 Å². The van der Waals surface area contributed by atoms with Crippen molar-refractivity contribution in [2.75, 3.05) is 13.2 Å². The molecule has 0 unspecified atom stereocenters. The Balaban J connectivity index is 2.10. The van der Waals surface area contributed by atoms with E-state index >= 15 is 0 Å². The summed E-state index contributed by atoms with van der Waals surface area (Å²) in [7, 11) is 0. The van der Waals surface area contributed by atoms with Crippen molar-refractivity contribution in [2.24, 2.45) is 0 Å². The van der Waals surface area contributed by atoms with E-state index in [1.165, 1.54) is 4.90 Å². The van der Waals surface area contributed by atoms with E-state index in [0.29, 0.717) is 18.4 Å². The van der Waals surface area contributed by atoms with E-state index in [4.69, 9.17) is 4.74 Å². The third kappa shape index (κ3) is 2.81. The van der Waals surface area contributed by atoms with Gasteiger partial charge in [0.15, 0.2) is 0 Å². The molecule has 0 saturated carbocycles. The Morgan fingerprint density at radius 3 is 2.58 bits per heavy atom. The number of piperidine rings is 1. The molecule has 136 valence electrons. The van der Waals surface area contributed by atoms with Gasteiger partial charge in [0.05, 0.1) is 6.61 Å². The highest BCUT2D eigenvalue weighted by Gasteiger charge is 2.56. The van der Waals surface area contributed by atoms with Crippen LogP contribution >= 0.6 is 0 Å². The van der Waals surface area contributed by atoms with Crippen molar-refractivity contribution >= 4 is 28.6 Å². The molecule has 1 atom stereocenters. The number of carbonyl (C=O) groups excluding carboxylic acids is 2. The van der Waals surface area contributed by atoms with Gasteiger partial charge in [-0.05, 0) is 43.0 Å². The summed E-state index contributed by atoms with van der Waals surface area (Å²) >= 11 is 0. The molecule has 1 amide bonds. The number of fused-ring (bicyclic) bond motifs is 1. The number of benzene rings is 2. The SMILES string of the molecule is CCOC(=O)[C@@]1(C(=O)O)CCCCN1C(=O)c1cccc2ccccc12. The Morgan fingerprint density at radius 1 is 1.12 bits per heavy atom. The van der Waals surface area contributed by atoms with Gasteiger partial charge in [-0.2, -0.15) is 0 Å². The maximum absolute atomic E-state index is 13.3. The van der Waals surface area contributed by atoms with E-state index in [1.54, 1.807) is 19.1 Å². The average molecular weight is 355 g/mol. The predicted octanol–water partition coefficient (Wildman–Crippen LogP) is 2.85. The Kier molecular flexibility index (Phi) is 4.93. The molecular weight excluding hydrogens is 334 g/mol. The second-order valence-electron chi connectivity index (χ2n) is 6.33. The van der Waals surface area contributed by atoms with Gasteiger partial charge in [-0.25, -0.2) is 9.59 Å². The van der Waals surface area contributed by atoms with Crippen molar-refractivity contribution < 1.29 is 24.2 Å². The van der Waals surface area contributed by atoms with Gasteiger partial charge in [0, 0.05) is 12.1 Å². The van der Waals surface area contributed by atoms with Crippen LogP contribution in [0.3, 0.4) is 0 Å². The Labute approximate surface area is 151 Å². The monoisotopic (exact) mass is 355 g/mol. The fourth-order valence-corrected chi connectivity index (χ4v) is 3.58. The van der Waals surface area contributed by atoms with Crippen LogP contribution in [-0.4, -0.2) is 46.5 Å². The van der Waals surface area contributed by atoms with E-state index < -0.39 is 23.4 Å². The first-order valence-electron chi connectivity index (χ1n) is 8.72. The fourth-order valence-electron chi connectivity index (χ4n) is 3.58. The molecular formula is C20H21NO5. The van der Waals surface area contributed by atoms with Crippen molar-refractivity contribution in [1.82, 2.24) is 4.90 Å². The number of esters is 1. The van der Waals surface area contributed by atoms with E-state index in [1.807, 2.05) is 30.3 Å². The molecule has 0 bridgehead atoms. The molecule has 0 radical (unpaired) electrons. The molecule has 2 aromatic carbocycles. The van der Waals surface area contributed by atoms with Gasteiger partial charge < -0.3 is 14.7 Å².